The third-order valence-electron chi connectivity index (χ3n) is 3.15. The maximum Gasteiger partial charge on any atom is 0.271 e. The molecule has 5 nitrogen and oxygen atoms in total. The molecule has 0 spiro atoms. The van der Waals surface area contributed by atoms with Crippen LogP contribution in [0.4, 0.5) is 0 Å². The lowest BCUT2D eigenvalue weighted by atomic mass is 9.70. The van der Waals surface area contributed by atoms with Crippen LogP contribution in [-0.2, 0) is 0 Å². The van der Waals surface area contributed by atoms with Crippen LogP contribution in [0.3, 0.4) is 0 Å². The summed E-state index contributed by atoms with van der Waals surface area (Å²) in [6.45, 7) is 2.84. The van der Waals surface area contributed by atoms with Crippen molar-refractivity contribution >= 4 is 5.91 Å². The minimum Gasteiger partial charge on any atom is -0.350 e. The smallest absolute Gasteiger partial charge is 0.271 e. The molecule has 2 rings (SSSR count). The maximum absolute atomic E-state index is 11.6. The van der Waals surface area contributed by atoms with Gasteiger partial charge >= 0.3 is 0 Å². The fourth-order valence-electron chi connectivity index (χ4n) is 1.81. The molecule has 0 aliphatic heterocycles. The van der Waals surface area contributed by atoms with Crippen LogP contribution in [0.1, 0.15) is 36.7 Å². The van der Waals surface area contributed by atoms with Gasteiger partial charge in [-0.2, -0.15) is 5.10 Å². The predicted octanol–water partition coefficient (Wildman–Crippen LogP) is 0.690. The van der Waals surface area contributed by atoms with Crippen LogP contribution in [-0.4, -0.2) is 22.6 Å². The van der Waals surface area contributed by atoms with Crippen LogP contribution in [0.25, 0.3) is 0 Å². The molecule has 0 unspecified atom stereocenters. The number of carbonyl (C=O) groups excluding carboxylic acids is 1. The third kappa shape index (κ3) is 2.29. The zero-order chi connectivity index (χ0) is 11.6. The van der Waals surface area contributed by atoms with Crippen LogP contribution in [0.5, 0.6) is 0 Å². The van der Waals surface area contributed by atoms with Crippen molar-refractivity contribution in [1.82, 2.24) is 15.5 Å². The molecular formula is C11H15N3O2. The van der Waals surface area contributed by atoms with Gasteiger partial charge in [0.2, 0.25) is 0 Å². The van der Waals surface area contributed by atoms with E-state index in [9.17, 15) is 9.59 Å². The summed E-state index contributed by atoms with van der Waals surface area (Å²) in [5, 5.41) is 8.75. The van der Waals surface area contributed by atoms with E-state index in [4.69, 9.17) is 0 Å². The molecule has 1 saturated carbocycles. The largest absolute Gasteiger partial charge is 0.350 e. The van der Waals surface area contributed by atoms with Gasteiger partial charge in [-0.05, 0) is 24.3 Å². The van der Waals surface area contributed by atoms with Gasteiger partial charge in [-0.25, -0.2) is 5.10 Å². The second kappa shape index (κ2) is 4.08. The lowest BCUT2D eigenvalue weighted by Gasteiger charge is -2.38. The minimum absolute atomic E-state index is 0.232. The summed E-state index contributed by atoms with van der Waals surface area (Å²) in [4.78, 5) is 22.4. The Hall–Kier alpha value is -1.65. The van der Waals surface area contributed by atoms with E-state index in [2.05, 4.69) is 22.4 Å². The quantitative estimate of drug-likeness (QED) is 0.788. The van der Waals surface area contributed by atoms with E-state index in [1.165, 1.54) is 18.6 Å². The Bertz CT molecular complexity index is 428. The number of H-pyrrole nitrogens is 1. The number of rotatable bonds is 3. The number of hydrogen-bond acceptors (Lipinski definition) is 3. The number of amides is 1. The molecule has 1 aromatic rings. The number of aromatic amines is 1. The molecule has 0 radical (unpaired) electrons. The van der Waals surface area contributed by atoms with Gasteiger partial charge in [0.15, 0.2) is 0 Å². The fraction of sp³-hybridized carbons (Fsp3) is 0.545. The summed E-state index contributed by atoms with van der Waals surface area (Å²) >= 11 is 0. The van der Waals surface area contributed by atoms with Crippen LogP contribution in [0.2, 0.25) is 0 Å². The van der Waals surface area contributed by atoms with Crippen molar-refractivity contribution in [3.63, 3.8) is 0 Å². The average molecular weight is 221 g/mol. The van der Waals surface area contributed by atoms with Crippen molar-refractivity contribution in [2.75, 3.05) is 6.54 Å². The van der Waals surface area contributed by atoms with Crippen molar-refractivity contribution in [2.45, 2.75) is 26.2 Å². The Morgan fingerprint density at radius 2 is 2.31 bits per heavy atom. The van der Waals surface area contributed by atoms with Gasteiger partial charge in [-0.15, -0.1) is 0 Å². The molecular weight excluding hydrogens is 206 g/mol. The zero-order valence-corrected chi connectivity index (χ0v) is 9.25. The van der Waals surface area contributed by atoms with Crippen LogP contribution < -0.4 is 10.9 Å². The van der Waals surface area contributed by atoms with Gasteiger partial charge in [-0.1, -0.05) is 13.3 Å². The highest BCUT2D eigenvalue weighted by Gasteiger charge is 2.31. The van der Waals surface area contributed by atoms with E-state index < -0.39 is 0 Å². The number of hydrogen-bond donors (Lipinski definition) is 2. The second-order valence-electron chi connectivity index (χ2n) is 4.65. The lowest BCUT2D eigenvalue weighted by molar-refractivity contribution is 0.0885. The van der Waals surface area contributed by atoms with Crippen LogP contribution in [0.15, 0.2) is 16.9 Å². The lowest BCUT2D eigenvalue weighted by Crippen LogP contribution is -2.40. The minimum atomic E-state index is -0.303. The summed E-state index contributed by atoms with van der Waals surface area (Å²) in [5.74, 6) is -0.232. The zero-order valence-electron chi connectivity index (χ0n) is 9.25. The van der Waals surface area contributed by atoms with Gasteiger partial charge < -0.3 is 5.32 Å². The molecule has 1 aliphatic carbocycles. The van der Waals surface area contributed by atoms with E-state index in [1.54, 1.807) is 0 Å². The first-order valence-electron chi connectivity index (χ1n) is 5.43. The predicted molar refractivity (Wildman–Crippen MR) is 59.1 cm³/mol. The van der Waals surface area contributed by atoms with Crippen molar-refractivity contribution in [3.05, 3.63) is 28.2 Å². The average Bonchev–Trinajstić information content (AvgIpc) is 2.24. The Balaban J connectivity index is 1.92. The molecule has 0 aromatic carbocycles. The Morgan fingerprint density at radius 1 is 1.56 bits per heavy atom. The first-order chi connectivity index (χ1) is 7.59. The third-order valence-corrected chi connectivity index (χ3v) is 3.15. The SMILES string of the molecule is CC1(CNC(=O)c2ccc(=O)[nH]n2)CCC1. The highest BCUT2D eigenvalue weighted by molar-refractivity contribution is 5.91. The van der Waals surface area contributed by atoms with Crippen LogP contribution >= 0.6 is 0 Å². The molecule has 1 aromatic heterocycles. The summed E-state index contributed by atoms with van der Waals surface area (Å²) in [6, 6.07) is 2.73. The van der Waals surface area contributed by atoms with Crippen molar-refractivity contribution < 1.29 is 4.79 Å². The van der Waals surface area contributed by atoms with E-state index in [0.29, 0.717) is 6.54 Å². The van der Waals surface area contributed by atoms with Crippen molar-refractivity contribution in [3.8, 4) is 0 Å². The van der Waals surface area contributed by atoms with Gasteiger partial charge in [0.1, 0.15) is 5.69 Å². The first kappa shape index (κ1) is 10.9. The van der Waals surface area contributed by atoms with Gasteiger partial charge in [-0.3, -0.25) is 9.59 Å². The molecule has 86 valence electrons. The van der Waals surface area contributed by atoms with Gasteiger partial charge in [0.25, 0.3) is 11.5 Å². The van der Waals surface area contributed by atoms with E-state index in [0.717, 1.165) is 12.8 Å². The summed E-state index contributed by atoms with van der Waals surface area (Å²) in [5.41, 5.74) is 0.197. The first-order valence-corrected chi connectivity index (χ1v) is 5.43. The maximum atomic E-state index is 11.6. The molecule has 1 amide bonds. The van der Waals surface area contributed by atoms with Crippen molar-refractivity contribution in [1.29, 1.82) is 0 Å². The van der Waals surface area contributed by atoms with Gasteiger partial charge in [0, 0.05) is 12.6 Å². The molecule has 0 bridgehead atoms. The number of carbonyl (C=O) groups is 1. The fourth-order valence-corrected chi connectivity index (χ4v) is 1.81. The molecule has 2 N–H and O–H groups in total. The highest BCUT2D eigenvalue weighted by Crippen LogP contribution is 2.39. The molecule has 0 saturated heterocycles. The standard InChI is InChI=1S/C11H15N3O2/c1-11(5-2-6-11)7-12-10(16)8-3-4-9(15)14-13-8/h3-4H,2,5-7H2,1H3,(H,12,16)(H,14,15). The molecule has 0 atom stereocenters. The molecule has 1 aliphatic rings. The molecule has 1 fully saturated rings. The van der Waals surface area contributed by atoms with E-state index >= 15 is 0 Å². The molecule has 1 heterocycles. The number of nitrogens with zero attached hydrogens (tertiary/aromatic N) is 1. The van der Waals surface area contributed by atoms with Gasteiger partial charge in [0.05, 0.1) is 0 Å². The normalized spacial score (nSPS) is 17.6. The topological polar surface area (TPSA) is 74.8 Å². The summed E-state index contributed by atoms with van der Waals surface area (Å²) in [6.07, 6.45) is 3.56. The summed E-state index contributed by atoms with van der Waals surface area (Å²) < 4.78 is 0. The summed E-state index contributed by atoms with van der Waals surface area (Å²) in [7, 11) is 0. The Labute approximate surface area is 93.3 Å². The van der Waals surface area contributed by atoms with E-state index in [-0.39, 0.29) is 22.6 Å². The van der Waals surface area contributed by atoms with Crippen LogP contribution in [0, 0.1) is 5.41 Å². The Kier molecular flexibility index (Phi) is 2.77. The Morgan fingerprint density at radius 3 is 2.81 bits per heavy atom. The highest BCUT2D eigenvalue weighted by atomic mass is 16.2. The molecule has 16 heavy (non-hydrogen) atoms. The second-order valence-corrected chi connectivity index (χ2v) is 4.65. The number of nitrogens with one attached hydrogen (secondary N) is 2. The van der Waals surface area contributed by atoms with Crippen molar-refractivity contribution in [2.24, 2.45) is 5.41 Å². The van der Waals surface area contributed by atoms with E-state index in [1.807, 2.05) is 0 Å². The monoisotopic (exact) mass is 221 g/mol. The molecule has 5 heteroatoms. The number of aromatic nitrogens is 2.